The van der Waals surface area contributed by atoms with Crippen LogP contribution in [0.15, 0.2) is 54.6 Å². The number of benzene rings is 2. The molecule has 0 spiro atoms. The lowest BCUT2D eigenvalue weighted by molar-refractivity contribution is -0.136. The average Bonchev–Trinajstić information content (AvgIpc) is 2.65. The Balaban J connectivity index is 1.59. The van der Waals surface area contributed by atoms with Gasteiger partial charge in [0.2, 0.25) is 5.91 Å². The number of carbonyl (C=O) groups excluding carboxylic acids is 1. The van der Waals surface area contributed by atoms with Crippen molar-refractivity contribution < 1.29 is 9.53 Å². The Labute approximate surface area is 144 Å². The van der Waals surface area contributed by atoms with E-state index in [1.54, 1.807) is 7.11 Å². The van der Waals surface area contributed by atoms with E-state index >= 15 is 0 Å². The fourth-order valence-electron chi connectivity index (χ4n) is 3.51. The van der Waals surface area contributed by atoms with Crippen molar-refractivity contribution >= 4 is 11.6 Å². The molecule has 1 aliphatic heterocycles. The van der Waals surface area contributed by atoms with Crippen molar-refractivity contribution in [3.8, 4) is 5.75 Å². The minimum Gasteiger partial charge on any atom is -0.497 e. The van der Waals surface area contributed by atoms with E-state index in [0.717, 1.165) is 43.7 Å². The third-order valence-electron chi connectivity index (χ3n) is 5.18. The summed E-state index contributed by atoms with van der Waals surface area (Å²) in [6.07, 6.45) is 3.97. The van der Waals surface area contributed by atoms with Gasteiger partial charge in [-0.25, -0.2) is 0 Å². The fourth-order valence-corrected chi connectivity index (χ4v) is 3.51. The number of amides is 1. The average molecular weight is 323 g/mol. The monoisotopic (exact) mass is 323 g/mol. The van der Waals surface area contributed by atoms with Crippen LogP contribution in [0.1, 0.15) is 31.7 Å². The van der Waals surface area contributed by atoms with Crippen molar-refractivity contribution in [3.63, 3.8) is 0 Å². The maximum atomic E-state index is 12.8. The van der Waals surface area contributed by atoms with Crippen LogP contribution in [-0.4, -0.2) is 19.6 Å². The van der Waals surface area contributed by atoms with Gasteiger partial charge in [0.05, 0.1) is 12.5 Å². The third kappa shape index (κ3) is 3.16. The maximum Gasteiger partial charge on any atom is 0.235 e. The molecule has 0 saturated carbocycles. The molecule has 2 aromatic carbocycles. The molecule has 1 heterocycles. The molecule has 1 fully saturated rings. The van der Waals surface area contributed by atoms with E-state index in [4.69, 9.17) is 4.74 Å². The lowest BCUT2D eigenvalue weighted by Crippen LogP contribution is -2.61. The molecule has 3 nitrogen and oxygen atoms in total. The number of anilines is 1. The van der Waals surface area contributed by atoms with Crippen LogP contribution in [0, 0.1) is 5.41 Å². The summed E-state index contributed by atoms with van der Waals surface area (Å²) in [6.45, 7) is 2.95. The van der Waals surface area contributed by atoms with E-state index in [1.165, 1.54) is 5.56 Å². The van der Waals surface area contributed by atoms with Gasteiger partial charge in [-0.2, -0.15) is 0 Å². The van der Waals surface area contributed by atoms with Gasteiger partial charge >= 0.3 is 0 Å². The van der Waals surface area contributed by atoms with Crippen LogP contribution in [0.25, 0.3) is 0 Å². The molecule has 1 unspecified atom stereocenters. The van der Waals surface area contributed by atoms with E-state index in [9.17, 15) is 4.79 Å². The van der Waals surface area contributed by atoms with Gasteiger partial charge < -0.3 is 9.64 Å². The summed E-state index contributed by atoms with van der Waals surface area (Å²) in [7, 11) is 1.65. The van der Waals surface area contributed by atoms with Crippen molar-refractivity contribution in [2.24, 2.45) is 5.41 Å². The van der Waals surface area contributed by atoms with Crippen LogP contribution in [0.3, 0.4) is 0 Å². The Hall–Kier alpha value is -2.29. The maximum absolute atomic E-state index is 12.8. The first-order valence-corrected chi connectivity index (χ1v) is 8.68. The van der Waals surface area contributed by atoms with Crippen molar-refractivity contribution in [2.45, 2.75) is 32.6 Å². The highest BCUT2D eigenvalue weighted by molar-refractivity contribution is 6.04. The van der Waals surface area contributed by atoms with Crippen molar-refractivity contribution in [3.05, 3.63) is 60.2 Å². The summed E-state index contributed by atoms with van der Waals surface area (Å²) in [4.78, 5) is 14.7. The van der Waals surface area contributed by atoms with Crippen LogP contribution in [0.5, 0.6) is 5.75 Å². The van der Waals surface area contributed by atoms with Gasteiger partial charge in [0.25, 0.3) is 0 Å². The third-order valence-corrected chi connectivity index (χ3v) is 5.18. The van der Waals surface area contributed by atoms with Gasteiger partial charge in [0.15, 0.2) is 0 Å². The largest absolute Gasteiger partial charge is 0.497 e. The van der Waals surface area contributed by atoms with Crippen molar-refractivity contribution in [1.82, 2.24) is 0 Å². The van der Waals surface area contributed by atoms with Crippen LogP contribution >= 0.6 is 0 Å². The Morgan fingerprint density at radius 3 is 2.38 bits per heavy atom. The molecule has 2 aromatic rings. The van der Waals surface area contributed by atoms with Crippen LogP contribution in [0.4, 0.5) is 5.69 Å². The molecule has 3 heteroatoms. The molecule has 3 rings (SSSR count). The molecular weight excluding hydrogens is 298 g/mol. The van der Waals surface area contributed by atoms with E-state index in [-0.39, 0.29) is 11.3 Å². The summed E-state index contributed by atoms with van der Waals surface area (Å²) < 4.78 is 5.18. The molecule has 1 atom stereocenters. The Morgan fingerprint density at radius 2 is 1.79 bits per heavy atom. The first kappa shape index (κ1) is 16.6. The molecule has 0 N–H and O–H groups in total. The van der Waals surface area contributed by atoms with Gasteiger partial charge in [-0.3, -0.25) is 4.79 Å². The summed E-state index contributed by atoms with van der Waals surface area (Å²) in [5.74, 6) is 1.08. The Morgan fingerprint density at radius 1 is 1.08 bits per heavy atom. The normalized spacial score (nSPS) is 19.9. The van der Waals surface area contributed by atoms with E-state index < -0.39 is 0 Å². The number of β-lactam (4-membered cyclic amide) rings is 1. The second kappa shape index (κ2) is 7.08. The van der Waals surface area contributed by atoms with E-state index in [0.29, 0.717) is 0 Å². The first-order valence-electron chi connectivity index (χ1n) is 8.68. The molecule has 0 radical (unpaired) electrons. The second-order valence-corrected chi connectivity index (χ2v) is 6.56. The highest BCUT2D eigenvalue weighted by atomic mass is 16.5. The van der Waals surface area contributed by atoms with Crippen molar-refractivity contribution in [2.75, 3.05) is 18.6 Å². The molecule has 1 saturated heterocycles. The zero-order valence-electron chi connectivity index (χ0n) is 14.5. The number of hydrogen-bond acceptors (Lipinski definition) is 2. The molecule has 1 aliphatic rings. The minimum absolute atomic E-state index is 0.172. The lowest BCUT2D eigenvalue weighted by Gasteiger charge is -2.48. The molecule has 1 amide bonds. The minimum atomic E-state index is -0.172. The molecule has 126 valence electrons. The zero-order chi connectivity index (χ0) is 17.0. The highest BCUT2D eigenvalue weighted by Gasteiger charge is 2.50. The van der Waals surface area contributed by atoms with Gasteiger partial charge in [0.1, 0.15) is 5.75 Å². The number of ether oxygens (including phenoxy) is 1. The highest BCUT2D eigenvalue weighted by Crippen LogP contribution is 2.42. The number of nitrogens with zero attached hydrogens (tertiary/aromatic N) is 1. The number of hydrogen-bond donors (Lipinski definition) is 0. The number of rotatable bonds is 7. The standard InChI is InChI=1S/C21H25NO2/c1-3-21(15-7-10-17-8-5-4-6-9-17)16-22(20(21)23)18-11-13-19(24-2)14-12-18/h4-6,8-9,11-14H,3,7,10,15-16H2,1-2H3. The summed E-state index contributed by atoms with van der Waals surface area (Å²) >= 11 is 0. The second-order valence-electron chi connectivity index (χ2n) is 6.56. The number of carbonyl (C=O) groups is 1. The fraction of sp³-hybridized carbons (Fsp3) is 0.381. The number of methoxy groups -OCH3 is 1. The predicted molar refractivity (Wildman–Crippen MR) is 97.5 cm³/mol. The summed E-state index contributed by atoms with van der Waals surface area (Å²) in [6, 6.07) is 18.2. The van der Waals surface area contributed by atoms with Gasteiger partial charge in [0, 0.05) is 12.2 Å². The quantitative estimate of drug-likeness (QED) is 0.704. The Bertz CT molecular complexity index is 681. The van der Waals surface area contributed by atoms with Crippen LogP contribution in [0.2, 0.25) is 0 Å². The van der Waals surface area contributed by atoms with Gasteiger partial charge in [-0.1, -0.05) is 37.3 Å². The predicted octanol–water partition coefficient (Wildman–Crippen LogP) is 4.46. The smallest absolute Gasteiger partial charge is 0.235 e. The molecule has 0 aliphatic carbocycles. The van der Waals surface area contributed by atoms with E-state index in [2.05, 4.69) is 31.2 Å². The van der Waals surface area contributed by atoms with Crippen LogP contribution in [-0.2, 0) is 11.2 Å². The summed E-state index contributed by atoms with van der Waals surface area (Å²) in [5.41, 5.74) is 2.14. The van der Waals surface area contributed by atoms with E-state index in [1.807, 2.05) is 35.2 Å². The number of aryl methyl sites for hydroxylation is 1. The topological polar surface area (TPSA) is 29.5 Å². The van der Waals surface area contributed by atoms with Crippen LogP contribution < -0.4 is 9.64 Å². The van der Waals surface area contributed by atoms with Gasteiger partial charge in [-0.15, -0.1) is 0 Å². The summed E-state index contributed by atoms with van der Waals surface area (Å²) in [5, 5.41) is 0. The SMILES string of the molecule is CCC1(CCCc2ccccc2)CN(c2ccc(OC)cc2)C1=O. The Kier molecular flexibility index (Phi) is 4.89. The molecular formula is C21H25NO2. The van der Waals surface area contributed by atoms with Gasteiger partial charge in [-0.05, 0) is 55.5 Å². The molecule has 0 aromatic heterocycles. The molecule has 0 bridgehead atoms. The first-order chi connectivity index (χ1) is 11.7. The zero-order valence-corrected chi connectivity index (χ0v) is 14.5. The molecule has 24 heavy (non-hydrogen) atoms. The lowest BCUT2D eigenvalue weighted by atomic mass is 9.72. The van der Waals surface area contributed by atoms with Crippen molar-refractivity contribution in [1.29, 1.82) is 0 Å².